The Balaban J connectivity index is 1.34. The van der Waals surface area contributed by atoms with Crippen LogP contribution in [0.15, 0.2) is 24.9 Å². The van der Waals surface area contributed by atoms with Crippen LogP contribution in [0, 0.1) is 6.92 Å². The van der Waals surface area contributed by atoms with Crippen molar-refractivity contribution in [3.05, 3.63) is 42.3 Å². The van der Waals surface area contributed by atoms with E-state index in [-0.39, 0.29) is 6.04 Å². The second-order valence-electron chi connectivity index (χ2n) is 8.46. The fourth-order valence-electron chi connectivity index (χ4n) is 4.54. The van der Waals surface area contributed by atoms with Crippen LogP contribution in [0.5, 0.6) is 0 Å². The van der Waals surface area contributed by atoms with Gasteiger partial charge in [-0.05, 0) is 33.1 Å². The average molecular weight is 416 g/mol. The fraction of sp³-hybridized carbons (Fsp3) is 0.455. The summed E-state index contributed by atoms with van der Waals surface area (Å²) in [5.41, 5.74) is 3.89. The lowest BCUT2D eigenvalue weighted by Gasteiger charge is -2.26. The Morgan fingerprint density at radius 2 is 1.87 bits per heavy atom. The maximum atomic E-state index is 4.92. The SMILES string of the molecule is CCn1c(-c2cnc(C)nc2)nc2c(NC3CCc4ncc(C5CC5)n4C3)ncnc21. The van der Waals surface area contributed by atoms with Gasteiger partial charge < -0.3 is 14.5 Å². The van der Waals surface area contributed by atoms with Gasteiger partial charge in [0, 0.05) is 55.8 Å². The van der Waals surface area contributed by atoms with Gasteiger partial charge in [-0.3, -0.25) is 0 Å². The Hall–Kier alpha value is -3.36. The highest BCUT2D eigenvalue weighted by atomic mass is 15.2. The molecule has 4 aromatic rings. The van der Waals surface area contributed by atoms with Gasteiger partial charge >= 0.3 is 0 Å². The number of fused-ring (bicyclic) bond motifs is 2. The van der Waals surface area contributed by atoms with Crippen LogP contribution in [-0.2, 0) is 19.5 Å². The number of aryl methyl sites for hydroxylation is 3. The Kier molecular flexibility index (Phi) is 4.22. The van der Waals surface area contributed by atoms with E-state index < -0.39 is 0 Å². The van der Waals surface area contributed by atoms with Crippen LogP contribution >= 0.6 is 0 Å². The number of aromatic nitrogens is 8. The second-order valence-corrected chi connectivity index (χ2v) is 8.46. The van der Waals surface area contributed by atoms with Crippen molar-refractivity contribution in [1.82, 2.24) is 39.0 Å². The minimum atomic E-state index is 0.287. The smallest absolute Gasteiger partial charge is 0.165 e. The van der Waals surface area contributed by atoms with Crippen molar-refractivity contribution < 1.29 is 0 Å². The zero-order valence-electron chi connectivity index (χ0n) is 17.8. The van der Waals surface area contributed by atoms with E-state index in [1.54, 1.807) is 6.33 Å². The summed E-state index contributed by atoms with van der Waals surface area (Å²) in [6.07, 6.45) is 11.9. The predicted octanol–water partition coefficient (Wildman–Crippen LogP) is 3.11. The first-order valence-electron chi connectivity index (χ1n) is 11.0. The van der Waals surface area contributed by atoms with Gasteiger partial charge in [-0.15, -0.1) is 0 Å². The molecule has 1 N–H and O–H groups in total. The third kappa shape index (κ3) is 3.15. The summed E-state index contributed by atoms with van der Waals surface area (Å²) in [6, 6.07) is 0.287. The molecule has 1 aliphatic heterocycles. The Bertz CT molecular complexity index is 1250. The summed E-state index contributed by atoms with van der Waals surface area (Å²) in [5.74, 6) is 4.26. The molecule has 0 bridgehead atoms. The number of hydrogen-bond donors (Lipinski definition) is 1. The molecule has 0 aromatic carbocycles. The maximum absolute atomic E-state index is 4.92. The first-order chi connectivity index (χ1) is 15.2. The highest BCUT2D eigenvalue weighted by Crippen LogP contribution is 2.41. The molecule has 1 atom stereocenters. The lowest BCUT2D eigenvalue weighted by molar-refractivity contribution is 0.465. The van der Waals surface area contributed by atoms with Gasteiger partial charge in [0.1, 0.15) is 23.8 Å². The highest BCUT2D eigenvalue weighted by molar-refractivity contribution is 5.86. The van der Waals surface area contributed by atoms with Crippen LogP contribution in [0.4, 0.5) is 5.82 Å². The third-order valence-electron chi connectivity index (χ3n) is 6.31. The van der Waals surface area contributed by atoms with Crippen molar-refractivity contribution in [3.63, 3.8) is 0 Å². The van der Waals surface area contributed by atoms with Gasteiger partial charge in [0.15, 0.2) is 17.0 Å². The van der Waals surface area contributed by atoms with Crippen molar-refractivity contribution in [1.29, 1.82) is 0 Å². The predicted molar refractivity (Wildman–Crippen MR) is 117 cm³/mol. The van der Waals surface area contributed by atoms with Crippen LogP contribution in [0.25, 0.3) is 22.6 Å². The summed E-state index contributed by atoms with van der Waals surface area (Å²) in [5, 5.41) is 3.66. The van der Waals surface area contributed by atoms with Crippen LogP contribution in [0.3, 0.4) is 0 Å². The third-order valence-corrected chi connectivity index (χ3v) is 6.31. The van der Waals surface area contributed by atoms with Gasteiger partial charge in [-0.25, -0.2) is 29.9 Å². The molecule has 0 saturated heterocycles. The normalized spacial score (nSPS) is 18.3. The minimum absolute atomic E-state index is 0.287. The van der Waals surface area contributed by atoms with Gasteiger partial charge in [0.05, 0.1) is 5.56 Å². The van der Waals surface area contributed by atoms with E-state index in [2.05, 4.69) is 52.5 Å². The van der Waals surface area contributed by atoms with Crippen LogP contribution in [-0.4, -0.2) is 45.1 Å². The second kappa shape index (κ2) is 7.11. The number of rotatable bonds is 5. The quantitative estimate of drug-likeness (QED) is 0.535. The van der Waals surface area contributed by atoms with Crippen LogP contribution in [0.2, 0.25) is 0 Å². The number of nitrogens with zero attached hydrogens (tertiary/aromatic N) is 8. The van der Waals surface area contributed by atoms with Crippen molar-refractivity contribution in [2.45, 2.75) is 64.6 Å². The Labute approximate surface area is 180 Å². The summed E-state index contributed by atoms with van der Waals surface area (Å²) >= 11 is 0. The molecule has 9 heteroatoms. The zero-order chi connectivity index (χ0) is 20.9. The molecule has 31 heavy (non-hydrogen) atoms. The number of anilines is 1. The summed E-state index contributed by atoms with van der Waals surface area (Å²) in [6.45, 7) is 5.64. The molecule has 1 aliphatic carbocycles. The fourth-order valence-corrected chi connectivity index (χ4v) is 4.54. The van der Waals surface area contributed by atoms with Gasteiger partial charge in [-0.2, -0.15) is 0 Å². The maximum Gasteiger partial charge on any atom is 0.165 e. The topological polar surface area (TPSA) is 99.2 Å². The molecule has 6 rings (SSSR count). The zero-order valence-corrected chi connectivity index (χ0v) is 17.8. The number of nitrogens with one attached hydrogen (secondary N) is 1. The van der Waals surface area contributed by atoms with E-state index in [0.29, 0.717) is 5.92 Å². The Morgan fingerprint density at radius 3 is 2.65 bits per heavy atom. The number of imidazole rings is 2. The molecule has 1 saturated carbocycles. The first kappa shape index (κ1) is 18.4. The lowest BCUT2D eigenvalue weighted by atomic mass is 10.1. The van der Waals surface area contributed by atoms with Gasteiger partial charge in [0.2, 0.25) is 0 Å². The van der Waals surface area contributed by atoms with E-state index in [9.17, 15) is 0 Å². The first-order valence-corrected chi connectivity index (χ1v) is 11.0. The summed E-state index contributed by atoms with van der Waals surface area (Å²) in [7, 11) is 0. The van der Waals surface area contributed by atoms with E-state index >= 15 is 0 Å². The highest BCUT2D eigenvalue weighted by Gasteiger charge is 2.31. The van der Waals surface area contributed by atoms with Gasteiger partial charge in [0.25, 0.3) is 0 Å². The molecule has 0 spiro atoms. The average Bonchev–Trinajstić information content (AvgIpc) is 3.43. The van der Waals surface area contributed by atoms with Crippen molar-refractivity contribution >= 4 is 17.0 Å². The largest absolute Gasteiger partial charge is 0.364 e. The van der Waals surface area contributed by atoms with E-state index in [0.717, 1.165) is 60.1 Å². The Morgan fingerprint density at radius 1 is 1.03 bits per heavy atom. The molecule has 158 valence electrons. The molecule has 1 fully saturated rings. The lowest BCUT2D eigenvalue weighted by Crippen LogP contribution is -2.32. The molecule has 9 nitrogen and oxygen atoms in total. The van der Waals surface area contributed by atoms with Gasteiger partial charge in [-0.1, -0.05) is 0 Å². The number of hydrogen-bond acceptors (Lipinski definition) is 7. The van der Waals surface area contributed by atoms with Crippen LogP contribution in [0.1, 0.15) is 49.4 Å². The molecule has 4 aromatic heterocycles. The van der Waals surface area contributed by atoms with Crippen molar-refractivity contribution in [2.75, 3.05) is 5.32 Å². The van der Waals surface area contributed by atoms with E-state index in [1.165, 1.54) is 24.4 Å². The minimum Gasteiger partial charge on any atom is -0.364 e. The summed E-state index contributed by atoms with van der Waals surface area (Å²) in [4.78, 5) is 27.3. The molecule has 0 radical (unpaired) electrons. The molecular weight excluding hydrogens is 390 g/mol. The molecular formula is C22H25N9. The molecule has 2 aliphatic rings. The monoisotopic (exact) mass is 415 g/mol. The molecule has 5 heterocycles. The summed E-state index contributed by atoms with van der Waals surface area (Å²) < 4.78 is 4.51. The van der Waals surface area contributed by atoms with E-state index in [1.807, 2.05) is 19.3 Å². The standard InChI is InChI=1S/C22H25N9/c1-3-30-21(15-8-23-13(2)24-9-15)29-19-20(26-12-27-22(19)30)28-16-6-7-18-25-10-17(14-4-5-14)31(18)11-16/h8-10,12,14,16H,3-7,11H2,1-2H3,(H,26,27,28). The van der Waals surface area contributed by atoms with E-state index in [4.69, 9.17) is 4.98 Å². The molecule has 0 amide bonds. The van der Waals surface area contributed by atoms with Crippen LogP contribution < -0.4 is 5.32 Å². The van der Waals surface area contributed by atoms with Crippen molar-refractivity contribution in [3.8, 4) is 11.4 Å². The molecule has 1 unspecified atom stereocenters. The van der Waals surface area contributed by atoms with Crippen molar-refractivity contribution in [2.24, 2.45) is 0 Å².